The zero-order valence-electron chi connectivity index (χ0n) is 14.1. The predicted octanol–water partition coefficient (Wildman–Crippen LogP) is 1.30. The van der Waals surface area contributed by atoms with Gasteiger partial charge in [0.15, 0.2) is 0 Å². The van der Waals surface area contributed by atoms with Crippen molar-refractivity contribution in [3.63, 3.8) is 0 Å². The van der Waals surface area contributed by atoms with Crippen LogP contribution in [0.2, 0.25) is 0 Å². The Morgan fingerprint density at radius 1 is 1.30 bits per heavy atom. The van der Waals surface area contributed by atoms with Gasteiger partial charge in [0, 0.05) is 50.8 Å². The van der Waals surface area contributed by atoms with E-state index < -0.39 is 0 Å². The summed E-state index contributed by atoms with van der Waals surface area (Å²) in [5.74, 6) is 1.14. The highest BCUT2D eigenvalue weighted by Crippen LogP contribution is 2.56. The number of aromatic nitrogens is 4. The van der Waals surface area contributed by atoms with E-state index in [1.807, 2.05) is 30.3 Å². The van der Waals surface area contributed by atoms with Crippen LogP contribution in [0.25, 0.3) is 0 Å². The number of aryl methyl sites for hydroxylation is 2. The molecule has 1 saturated carbocycles. The van der Waals surface area contributed by atoms with Crippen molar-refractivity contribution in [3.8, 4) is 0 Å². The second-order valence-corrected chi connectivity index (χ2v) is 7.21. The first-order chi connectivity index (χ1) is 11.2. The molecule has 1 N–H and O–H groups in total. The molecule has 4 rings (SSSR count). The lowest BCUT2D eigenvalue weighted by Crippen LogP contribution is -2.36. The summed E-state index contributed by atoms with van der Waals surface area (Å²) in [5.41, 5.74) is 1.83. The third-order valence-electron chi connectivity index (χ3n) is 5.60. The highest BCUT2D eigenvalue weighted by molar-refractivity contribution is 5.13. The fraction of sp³-hybridized carbons (Fsp3) is 0.647. The Hall–Kier alpha value is -1.66. The maximum absolute atomic E-state index is 4.53. The molecule has 0 radical (unpaired) electrons. The topological polar surface area (TPSA) is 50.9 Å². The minimum atomic E-state index is 0.540. The molecule has 23 heavy (non-hydrogen) atoms. The fourth-order valence-corrected chi connectivity index (χ4v) is 4.10. The van der Waals surface area contributed by atoms with Crippen molar-refractivity contribution in [2.45, 2.75) is 38.4 Å². The van der Waals surface area contributed by atoms with Gasteiger partial charge in [-0.1, -0.05) is 0 Å². The summed E-state index contributed by atoms with van der Waals surface area (Å²) in [6.07, 6.45) is 12.0. The first-order valence-electron chi connectivity index (χ1n) is 8.55. The standard InChI is InChI=1S/C17H26N6/c1-21-8-7-19-16(21)13-23(12-14-10-20-22(2)11-14)15-9-17(15)3-5-18-6-4-17/h7-8,10-11,15,18H,3-6,9,12-13H2,1-2H3/t15-/m1/s1. The Morgan fingerprint density at radius 2 is 2.13 bits per heavy atom. The van der Waals surface area contributed by atoms with Crippen molar-refractivity contribution >= 4 is 0 Å². The average Bonchev–Trinajstić information content (AvgIpc) is 2.85. The Balaban J connectivity index is 1.53. The van der Waals surface area contributed by atoms with E-state index in [4.69, 9.17) is 0 Å². The molecule has 1 spiro atoms. The monoisotopic (exact) mass is 314 g/mol. The summed E-state index contributed by atoms with van der Waals surface area (Å²) in [4.78, 5) is 7.15. The summed E-state index contributed by atoms with van der Waals surface area (Å²) in [6.45, 7) is 4.21. The Kier molecular flexibility index (Phi) is 3.73. The molecule has 1 atom stereocenters. The number of nitrogens with zero attached hydrogens (tertiary/aromatic N) is 5. The van der Waals surface area contributed by atoms with Gasteiger partial charge in [0.25, 0.3) is 0 Å². The number of nitrogens with one attached hydrogen (secondary N) is 1. The van der Waals surface area contributed by atoms with Crippen LogP contribution in [0.1, 0.15) is 30.7 Å². The highest BCUT2D eigenvalue weighted by atomic mass is 15.3. The molecule has 2 aliphatic rings. The van der Waals surface area contributed by atoms with Gasteiger partial charge in [-0.15, -0.1) is 0 Å². The molecule has 2 aromatic heterocycles. The summed E-state index contributed by atoms with van der Waals surface area (Å²) in [5, 5.41) is 7.83. The van der Waals surface area contributed by atoms with Gasteiger partial charge in [-0.3, -0.25) is 9.58 Å². The molecule has 6 nitrogen and oxygen atoms in total. The van der Waals surface area contributed by atoms with Crippen LogP contribution in [-0.4, -0.2) is 43.4 Å². The Labute approximate surface area is 137 Å². The lowest BCUT2D eigenvalue weighted by atomic mass is 9.93. The molecule has 0 unspecified atom stereocenters. The van der Waals surface area contributed by atoms with E-state index in [2.05, 4.69) is 38.1 Å². The van der Waals surface area contributed by atoms with Gasteiger partial charge < -0.3 is 9.88 Å². The first-order valence-corrected chi connectivity index (χ1v) is 8.55. The van der Waals surface area contributed by atoms with Gasteiger partial charge in [0.1, 0.15) is 5.82 Å². The van der Waals surface area contributed by atoms with Crippen molar-refractivity contribution < 1.29 is 0 Å². The number of hydrogen-bond acceptors (Lipinski definition) is 4. The third-order valence-corrected chi connectivity index (χ3v) is 5.60. The van der Waals surface area contributed by atoms with Crippen molar-refractivity contribution in [2.24, 2.45) is 19.5 Å². The zero-order valence-corrected chi connectivity index (χ0v) is 14.1. The van der Waals surface area contributed by atoms with Gasteiger partial charge in [0.2, 0.25) is 0 Å². The van der Waals surface area contributed by atoms with E-state index in [0.29, 0.717) is 11.5 Å². The van der Waals surface area contributed by atoms with Crippen LogP contribution >= 0.6 is 0 Å². The average molecular weight is 314 g/mol. The number of rotatable bonds is 5. The number of imidazole rings is 1. The zero-order chi connectivity index (χ0) is 15.9. The molecule has 2 fully saturated rings. The van der Waals surface area contributed by atoms with Crippen LogP contribution < -0.4 is 5.32 Å². The Morgan fingerprint density at radius 3 is 2.78 bits per heavy atom. The van der Waals surface area contributed by atoms with E-state index in [-0.39, 0.29) is 0 Å². The lowest BCUT2D eigenvalue weighted by Gasteiger charge is -2.29. The van der Waals surface area contributed by atoms with Crippen molar-refractivity contribution in [3.05, 3.63) is 36.2 Å². The summed E-state index contributed by atoms with van der Waals surface area (Å²) < 4.78 is 4.02. The van der Waals surface area contributed by atoms with Crippen molar-refractivity contribution in [1.82, 2.24) is 29.5 Å². The molecule has 0 aromatic carbocycles. The molecule has 1 saturated heterocycles. The minimum Gasteiger partial charge on any atom is -0.337 e. The molecule has 1 aliphatic carbocycles. The quantitative estimate of drug-likeness (QED) is 0.904. The first kappa shape index (κ1) is 14.9. The highest BCUT2D eigenvalue weighted by Gasteiger charge is 2.56. The normalized spacial score (nSPS) is 22.8. The van der Waals surface area contributed by atoms with Crippen LogP contribution in [0.5, 0.6) is 0 Å². The van der Waals surface area contributed by atoms with Crippen LogP contribution in [0.15, 0.2) is 24.8 Å². The van der Waals surface area contributed by atoms with E-state index in [9.17, 15) is 0 Å². The lowest BCUT2D eigenvalue weighted by molar-refractivity contribution is 0.182. The van der Waals surface area contributed by atoms with Gasteiger partial charge in [-0.25, -0.2) is 4.98 Å². The second kappa shape index (κ2) is 5.76. The SMILES string of the molecule is Cn1cc(CN(Cc2nccn2C)[C@@H]2CC23CCNCC3)cn1. The largest absolute Gasteiger partial charge is 0.337 e. The van der Waals surface area contributed by atoms with Gasteiger partial charge >= 0.3 is 0 Å². The molecule has 6 heteroatoms. The molecular formula is C17H26N6. The number of hydrogen-bond donors (Lipinski definition) is 1. The van der Waals surface area contributed by atoms with Crippen LogP contribution in [0, 0.1) is 5.41 Å². The van der Waals surface area contributed by atoms with E-state index in [1.54, 1.807) is 0 Å². The predicted molar refractivity (Wildman–Crippen MR) is 88.6 cm³/mol. The fourth-order valence-electron chi connectivity index (χ4n) is 4.10. The summed E-state index contributed by atoms with van der Waals surface area (Å²) in [7, 11) is 4.07. The summed E-state index contributed by atoms with van der Waals surface area (Å²) >= 11 is 0. The number of piperidine rings is 1. The molecular weight excluding hydrogens is 288 g/mol. The van der Waals surface area contributed by atoms with Gasteiger partial charge in [-0.05, 0) is 37.8 Å². The molecule has 3 heterocycles. The van der Waals surface area contributed by atoms with Crippen LogP contribution in [0.3, 0.4) is 0 Å². The Bertz CT molecular complexity index is 666. The molecule has 124 valence electrons. The molecule has 2 aromatic rings. The smallest absolute Gasteiger partial charge is 0.122 e. The van der Waals surface area contributed by atoms with Gasteiger partial charge in [0.05, 0.1) is 12.7 Å². The molecule has 0 amide bonds. The second-order valence-electron chi connectivity index (χ2n) is 7.21. The minimum absolute atomic E-state index is 0.540. The van der Waals surface area contributed by atoms with Crippen molar-refractivity contribution in [2.75, 3.05) is 13.1 Å². The molecule has 1 aliphatic heterocycles. The maximum atomic E-state index is 4.53. The van der Waals surface area contributed by atoms with E-state index >= 15 is 0 Å². The maximum Gasteiger partial charge on any atom is 0.122 e. The molecule has 0 bridgehead atoms. The van der Waals surface area contributed by atoms with Crippen LogP contribution in [0.4, 0.5) is 0 Å². The van der Waals surface area contributed by atoms with Gasteiger partial charge in [-0.2, -0.15) is 5.10 Å². The van der Waals surface area contributed by atoms with Crippen molar-refractivity contribution in [1.29, 1.82) is 0 Å². The van der Waals surface area contributed by atoms with E-state index in [0.717, 1.165) is 18.9 Å². The van der Waals surface area contributed by atoms with E-state index in [1.165, 1.54) is 37.9 Å². The van der Waals surface area contributed by atoms with Crippen LogP contribution in [-0.2, 0) is 27.2 Å². The third kappa shape index (κ3) is 2.93. The summed E-state index contributed by atoms with van der Waals surface area (Å²) in [6, 6.07) is 0.682.